The van der Waals surface area contributed by atoms with E-state index in [1.165, 1.54) is 19.4 Å². The lowest BCUT2D eigenvalue weighted by molar-refractivity contribution is 0.122. The average molecular weight is 448 g/mol. The highest BCUT2D eigenvalue weighted by atomic mass is 35.5. The van der Waals surface area contributed by atoms with Gasteiger partial charge in [-0.1, -0.05) is 35.3 Å². The summed E-state index contributed by atoms with van der Waals surface area (Å²) < 4.78 is 0. The van der Waals surface area contributed by atoms with Crippen molar-refractivity contribution in [2.24, 2.45) is 5.92 Å². The summed E-state index contributed by atoms with van der Waals surface area (Å²) in [6.45, 7) is 7.04. The molecular formula is C22H27Cl2N5O. The van der Waals surface area contributed by atoms with Crippen molar-refractivity contribution >= 4 is 34.9 Å². The maximum atomic E-state index is 12.1. The number of amides is 2. The molecule has 1 aliphatic heterocycles. The largest absolute Gasteiger partial charge is 0.334 e. The zero-order valence-electron chi connectivity index (χ0n) is 16.9. The molecule has 2 N–H and O–H groups in total. The third-order valence-electron chi connectivity index (χ3n) is 5.60. The molecule has 0 radical (unpaired) electrons. The zero-order valence-corrected chi connectivity index (χ0v) is 18.4. The van der Waals surface area contributed by atoms with Crippen molar-refractivity contribution in [3.8, 4) is 0 Å². The van der Waals surface area contributed by atoms with E-state index in [4.69, 9.17) is 23.2 Å². The number of urea groups is 1. The number of halogens is 2. The molecular weight excluding hydrogens is 421 g/mol. The monoisotopic (exact) mass is 447 g/mol. The number of aromatic nitrogens is 1. The van der Waals surface area contributed by atoms with Crippen LogP contribution in [0.15, 0.2) is 36.5 Å². The number of hydrogen-bond donors (Lipinski definition) is 2. The van der Waals surface area contributed by atoms with Crippen LogP contribution in [0.3, 0.4) is 0 Å². The Bertz CT molecular complexity index is 844. The maximum Gasteiger partial charge on any atom is 0.319 e. The smallest absolute Gasteiger partial charge is 0.319 e. The van der Waals surface area contributed by atoms with Crippen molar-refractivity contribution in [2.45, 2.75) is 25.9 Å². The summed E-state index contributed by atoms with van der Waals surface area (Å²) in [5, 5.41) is 6.29. The van der Waals surface area contributed by atoms with Crippen LogP contribution in [0.1, 0.15) is 24.1 Å². The van der Waals surface area contributed by atoms with E-state index < -0.39 is 0 Å². The van der Waals surface area contributed by atoms with Gasteiger partial charge in [0.25, 0.3) is 0 Å². The van der Waals surface area contributed by atoms with Gasteiger partial charge in [-0.15, -0.1) is 0 Å². The Labute approximate surface area is 187 Å². The molecule has 160 valence electrons. The van der Waals surface area contributed by atoms with Crippen molar-refractivity contribution in [3.05, 3.63) is 57.8 Å². The summed E-state index contributed by atoms with van der Waals surface area (Å²) in [5.74, 6) is 0.961. The van der Waals surface area contributed by atoms with Gasteiger partial charge in [0.2, 0.25) is 0 Å². The number of para-hydroxylation sites is 1. The zero-order chi connectivity index (χ0) is 20.9. The number of hydrogen-bond acceptors (Lipinski definition) is 4. The van der Waals surface area contributed by atoms with Crippen molar-refractivity contribution in [1.29, 1.82) is 0 Å². The van der Waals surface area contributed by atoms with Gasteiger partial charge >= 0.3 is 6.03 Å². The molecule has 1 aromatic carbocycles. The minimum atomic E-state index is -0.363. The molecule has 0 unspecified atom stereocenters. The summed E-state index contributed by atoms with van der Waals surface area (Å²) in [6.07, 6.45) is 4.66. The van der Waals surface area contributed by atoms with E-state index >= 15 is 0 Å². The Morgan fingerprint density at radius 3 is 2.37 bits per heavy atom. The first-order valence-corrected chi connectivity index (χ1v) is 11.2. The second-order valence-electron chi connectivity index (χ2n) is 8.08. The van der Waals surface area contributed by atoms with Crippen molar-refractivity contribution in [1.82, 2.24) is 20.1 Å². The fourth-order valence-corrected chi connectivity index (χ4v) is 4.13. The van der Waals surface area contributed by atoms with E-state index in [9.17, 15) is 4.79 Å². The topological polar surface area (TPSA) is 60.5 Å². The number of nitrogens with one attached hydrogen (secondary N) is 2. The van der Waals surface area contributed by atoms with E-state index in [0.29, 0.717) is 22.3 Å². The average Bonchev–Trinajstić information content (AvgIpc) is 3.56. The summed E-state index contributed by atoms with van der Waals surface area (Å²) in [4.78, 5) is 21.8. The quantitative estimate of drug-likeness (QED) is 0.666. The first-order valence-electron chi connectivity index (χ1n) is 10.4. The summed E-state index contributed by atoms with van der Waals surface area (Å²) in [7, 11) is 0. The summed E-state index contributed by atoms with van der Waals surface area (Å²) >= 11 is 12.2. The molecule has 6 nitrogen and oxygen atoms in total. The number of pyridine rings is 1. The second-order valence-corrected chi connectivity index (χ2v) is 8.90. The Hall–Kier alpha value is -1.86. The lowest BCUT2D eigenvalue weighted by Crippen LogP contribution is -2.46. The van der Waals surface area contributed by atoms with E-state index in [1.807, 2.05) is 18.3 Å². The van der Waals surface area contributed by atoms with Gasteiger partial charge in [0.15, 0.2) is 0 Å². The van der Waals surface area contributed by atoms with Gasteiger partial charge in [-0.3, -0.25) is 9.88 Å². The van der Waals surface area contributed by atoms with Crippen LogP contribution in [0.4, 0.5) is 10.5 Å². The van der Waals surface area contributed by atoms with Gasteiger partial charge in [0.05, 0.1) is 21.4 Å². The van der Waals surface area contributed by atoms with E-state index in [2.05, 4.69) is 25.4 Å². The van der Waals surface area contributed by atoms with Gasteiger partial charge in [0.1, 0.15) is 0 Å². The fourth-order valence-electron chi connectivity index (χ4n) is 3.64. The molecule has 1 saturated heterocycles. The van der Waals surface area contributed by atoms with Crippen LogP contribution in [0.5, 0.6) is 0 Å². The SMILES string of the molecule is O=C(NCc1ccc(CN2CCN(CC3CC3)CC2)nc1)Nc1c(Cl)cccc1Cl. The second kappa shape index (κ2) is 9.96. The van der Waals surface area contributed by atoms with Crippen LogP contribution < -0.4 is 10.6 Å². The molecule has 2 amide bonds. The molecule has 0 atom stereocenters. The van der Waals surface area contributed by atoms with Crippen molar-refractivity contribution < 1.29 is 4.79 Å². The Kier molecular flexibility index (Phi) is 7.10. The number of piperazine rings is 1. The predicted octanol–water partition coefficient (Wildman–Crippen LogP) is 4.24. The third-order valence-corrected chi connectivity index (χ3v) is 6.23. The van der Waals surface area contributed by atoms with Gasteiger partial charge in [-0.25, -0.2) is 4.79 Å². The highest BCUT2D eigenvalue weighted by Gasteiger charge is 2.26. The first kappa shape index (κ1) is 21.4. The molecule has 1 aliphatic carbocycles. The summed E-state index contributed by atoms with van der Waals surface area (Å²) in [6, 6.07) is 8.77. The molecule has 2 fully saturated rings. The van der Waals surface area contributed by atoms with E-state index in [0.717, 1.165) is 49.9 Å². The van der Waals surface area contributed by atoms with Crippen molar-refractivity contribution in [2.75, 3.05) is 38.0 Å². The number of benzene rings is 1. The fraction of sp³-hybridized carbons (Fsp3) is 0.455. The number of anilines is 1. The Balaban J connectivity index is 1.20. The minimum absolute atomic E-state index is 0.363. The molecule has 2 aliphatic rings. The van der Waals surface area contributed by atoms with Gasteiger partial charge in [0, 0.05) is 52.0 Å². The number of carbonyl (C=O) groups excluding carboxylic acids is 1. The Morgan fingerprint density at radius 1 is 1.03 bits per heavy atom. The number of rotatable bonds is 7. The number of nitrogens with zero attached hydrogens (tertiary/aromatic N) is 3. The molecule has 8 heteroatoms. The molecule has 4 rings (SSSR count). The standard InChI is InChI=1S/C22H27Cl2N5O/c23-19-2-1-3-20(24)21(19)27-22(30)26-13-17-6-7-18(25-12-17)15-29-10-8-28(9-11-29)14-16-4-5-16/h1-3,6-7,12,16H,4-5,8-11,13-15H2,(H2,26,27,30). The highest BCUT2D eigenvalue weighted by molar-refractivity contribution is 6.39. The lowest BCUT2D eigenvalue weighted by atomic mass is 10.2. The molecule has 30 heavy (non-hydrogen) atoms. The van der Waals surface area contributed by atoms with Crippen LogP contribution in [-0.4, -0.2) is 53.5 Å². The van der Waals surface area contributed by atoms with Crippen LogP contribution in [-0.2, 0) is 13.1 Å². The van der Waals surface area contributed by atoms with Gasteiger partial charge < -0.3 is 15.5 Å². The van der Waals surface area contributed by atoms with E-state index in [-0.39, 0.29) is 6.03 Å². The third kappa shape index (κ3) is 6.08. The molecule has 1 aromatic heterocycles. The van der Waals surface area contributed by atoms with E-state index in [1.54, 1.807) is 18.2 Å². The minimum Gasteiger partial charge on any atom is -0.334 e. The molecule has 1 saturated carbocycles. The van der Waals surface area contributed by atoms with Gasteiger partial charge in [-0.2, -0.15) is 0 Å². The molecule has 2 heterocycles. The molecule has 0 spiro atoms. The van der Waals surface area contributed by atoms with Crippen LogP contribution in [0.25, 0.3) is 0 Å². The van der Waals surface area contributed by atoms with Crippen LogP contribution >= 0.6 is 23.2 Å². The van der Waals surface area contributed by atoms with Crippen LogP contribution in [0.2, 0.25) is 10.0 Å². The normalized spacial score (nSPS) is 17.7. The molecule has 2 aromatic rings. The lowest BCUT2D eigenvalue weighted by Gasteiger charge is -2.34. The number of carbonyl (C=O) groups is 1. The van der Waals surface area contributed by atoms with Crippen LogP contribution in [0, 0.1) is 5.92 Å². The highest BCUT2D eigenvalue weighted by Crippen LogP contribution is 2.30. The predicted molar refractivity (Wildman–Crippen MR) is 121 cm³/mol. The van der Waals surface area contributed by atoms with Gasteiger partial charge in [-0.05, 0) is 42.5 Å². The van der Waals surface area contributed by atoms with Crippen molar-refractivity contribution in [3.63, 3.8) is 0 Å². The summed E-state index contributed by atoms with van der Waals surface area (Å²) in [5.41, 5.74) is 2.40. The maximum absolute atomic E-state index is 12.1. The molecule has 0 bridgehead atoms. The first-order chi connectivity index (χ1) is 14.6. The Morgan fingerprint density at radius 2 is 1.73 bits per heavy atom.